The fourth-order valence-corrected chi connectivity index (χ4v) is 3.81. The van der Waals surface area contributed by atoms with Crippen LogP contribution in [0, 0.1) is 0 Å². The number of hydrogen-bond donors (Lipinski definition) is 0. The van der Waals surface area contributed by atoms with Crippen molar-refractivity contribution in [3.63, 3.8) is 0 Å². The lowest BCUT2D eigenvalue weighted by molar-refractivity contribution is 0.104. The average Bonchev–Trinajstić information content (AvgIpc) is 3.27. The molecule has 0 atom stereocenters. The van der Waals surface area contributed by atoms with Gasteiger partial charge in [-0.2, -0.15) is 0 Å². The number of ketones is 1. The van der Waals surface area contributed by atoms with E-state index in [0.29, 0.717) is 32.9 Å². The van der Waals surface area contributed by atoms with E-state index in [-0.39, 0.29) is 12.4 Å². The lowest BCUT2D eigenvalue weighted by atomic mass is 10.1. The third kappa shape index (κ3) is 5.72. The van der Waals surface area contributed by atoms with E-state index in [1.165, 1.54) is 31.0 Å². The highest BCUT2D eigenvalue weighted by atomic mass is 35.5. The van der Waals surface area contributed by atoms with Crippen LogP contribution in [0.25, 0.3) is 6.08 Å². The maximum Gasteiger partial charge on any atom is 0.185 e. The standard InChI is InChI=1S/C25H23Cl2NO3/c26-23-12-10-21(16-24(23)27)30-17-22-9-8-20(31-22)11-13-25(29)18-4-6-19(7-5-18)28-14-2-1-3-15-28/h4-13,16H,1-3,14-15,17H2/b13-11+. The number of carbonyl (C=O) groups excluding carboxylic acids is 1. The zero-order chi connectivity index (χ0) is 21.6. The first-order valence-electron chi connectivity index (χ1n) is 10.3. The Morgan fingerprint density at radius 3 is 2.48 bits per heavy atom. The molecule has 0 amide bonds. The maximum absolute atomic E-state index is 12.5. The number of allylic oxidation sites excluding steroid dienone is 1. The lowest BCUT2D eigenvalue weighted by Crippen LogP contribution is -2.29. The second-order valence-electron chi connectivity index (χ2n) is 7.46. The highest BCUT2D eigenvalue weighted by Crippen LogP contribution is 2.27. The van der Waals surface area contributed by atoms with Crippen molar-refractivity contribution in [2.45, 2.75) is 25.9 Å². The molecule has 0 unspecified atom stereocenters. The van der Waals surface area contributed by atoms with E-state index in [0.717, 1.165) is 13.1 Å². The normalized spacial score (nSPS) is 14.2. The summed E-state index contributed by atoms with van der Waals surface area (Å²) in [6, 6.07) is 16.5. The van der Waals surface area contributed by atoms with Gasteiger partial charge in [-0.3, -0.25) is 4.79 Å². The number of hydrogen-bond acceptors (Lipinski definition) is 4. The lowest BCUT2D eigenvalue weighted by Gasteiger charge is -2.28. The molecule has 2 aromatic carbocycles. The number of piperidine rings is 1. The van der Waals surface area contributed by atoms with Gasteiger partial charge in [0.1, 0.15) is 23.9 Å². The molecule has 6 heteroatoms. The molecular weight excluding hydrogens is 433 g/mol. The number of ether oxygens (including phenoxy) is 1. The molecule has 160 valence electrons. The van der Waals surface area contributed by atoms with Crippen molar-refractivity contribution in [3.8, 4) is 5.75 Å². The van der Waals surface area contributed by atoms with Gasteiger partial charge in [0.15, 0.2) is 5.78 Å². The number of rotatable bonds is 7. The molecule has 4 nitrogen and oxygen atoms in total. The zero-order valence-corrected chi connectivity index (χ0v) is 18.5. The highest BCUT2D eigenvalue weighted by Gasteiger charge is 2.11. The Bertz CT molecular complexity index is 1070. The number of halogens is 2. The molecule has 4 rings (SSSR count). The average molecular weight is 456 g/mol. The quantitative estimate of drug-likeness (QED) is 0.282. The van der Waals surface area contributed by atoms with Crippen molar-refractivity contribution < 1.29 is 13.9 Å². The largest absolute Gasteiger partial charge is 0.486 e. The summed E-state index contributed by atoms with van der Waals surface area (Å²) >= 11 is 11.9. The first-order valence-corrected chi connectivity index (χ1v) is 11.1. The Labute approximate surface area is 192 Å². The Kier molecular flexibility index (Phi) is 7.00. The third-order valence-corrected chi connectivity index (χ3v) is 5.97. The molecule has 1 fully saturated rings. The molecule has 3 aromatic rings. The highest BCUT2D eigenvalue weighted by molar-refractivity contribution is 6.42. The SMILES string of the molecule is O=C(/C=C/c1ccc(COc2ccc(Cl)c(Cl)c2)o1)c1ccc(N2CCCCC2)cc1. The van der Waals surface area contributed by atoms with E-state index >= 15 is 0 Å². The molecule has 0 saturated carbocycles. The van der Waals surface area contributed by atoms with Gasteiger partial charge in [-0.1, -0.05) is 23.2 Å². The molecule has 1 saturated heterocycles. The number of anilines is 1. The summed E-state index contributed by atoms with van der Waals surface area (Å²) in [5.74, 6) is 1.77. The summed E-state index contributed by atoms with van der Waals surface area (Å²) < 4.78 is 11.4. The molecule has 0 bridgehead atoms. The van der Waals surface area contributed by atoms with Crippen LogP contribution < -0.4 is 9.64 Å². The van der Waals surface area contributed by atoms with E-state index in [1.54, 1.807) is 30.3 Å². The Morgan fingerprint density at radius 1 is 0.968 bits per heavy atom. The summed E-state index contributed by atoms with van der Waals surface area (Å²) in [6.45, 7) is 2.42. The molecule has 0 spiro atoms. The van der Waals surface area contributed by atoms with Crippen LogP contribution >= 0.6 is 23.2 Å². The van der Waals surface area contributed by atoms with Gasteiger partial charge < -0.3 is 14.1 Å². The Balaban J connectivity index is 1.32. The predicted octanol–water partition coefficient (Wildman–Crippen LogP) is 7.05. The van der Waals surface area contributed by atoms with Gasteiger partial charge in [0.05, 0.1) is 10.0 Å². The Hall–Kier alpha value is -2.69. The third-order valence-electron chi connectivity index (χ3n) is 5.23. The van der Waals surface area contributed by atoms with Crippen LogP contribution in [-0.2, 0) is 6.61 Å². The molecule has 0 radical (unpaired) electrons. The molecule has 1 aliphatic rings. The van der Waals surface area contributed by atoms with Crippen molar-refractivity contribution in [1.29, 1.82) is 0 Å². The van der Waals surface area contributed by atoms with Crippen LogP contribution in [0.4, 0.5) is 5.69 Å². The summed E-state index contributed by atoms with van der Waals surface area (Å²) in [4.78, 5) is 14.9. The predicted molar refractivity (Wildman–Crippen MR) is 125 cm³/mol. The smallest absolute Gasteiger partial charge is 0.185 e. The zero-order valence-electron chi connectivity index (χ0n) is 17.0. The second kappa shape index (κ2) is 10.1. The van der Waals surface area contributed by atoms with Crippen LogP contribution in [0.1, 0.15) is 41.1 Å². The van der Waals surface area contributed by atoms with Crippen LogP contribution in [0.2, 0.25) is 10.0 Å². The minimum absolute atomic E-state index is 0.0600. The molecule has 0 aliphatic carbocycles. The molecule has 1 aromatic heterocycles. The molecule has 0 N–H and O–H groups in total. The number of furan rings is 1. The van der Waals surface area contributed by atoms with Gasteiger partial charge >= 0.3 is 0 Å². The van der Waals surface area contributed by atoms with Crippen LogP contribution in [0.5, 0.6) is 5.75 Å². The van der Waals surface area contributed by atoms with E-state index < -0.39 is 0 Å². The molecule has 2 heterocycles. The van der Waals surface area contributed by atoms with Gasteiger partial charge in [0.25, 0.3) is 0 Å². The second-order valence-corrected chi connectivity index (χ2v) is 8.28. The van der Waals surface area contributed by atoms with Gasteiger partial charge in [-0.25, -0.2) is 0 Å². The number of benzene rings is 2. The summed E-state index contributed by atoms with van der Waals surface area (Å²) in [5, 5.41) is 0.912. The summed E-state index contributed by atoms with van der Waals surface area (Å²) in [6.07, 6.45) is 6.95. The first kappa shape index (κ1) is 21.5. The van der Waals surface area contributed by atoms with Gasteiger partial charge in [0.2, 0.25) is 0 Å². The monoisotopic (exact) mass is 455 g/mol. The van der Waals surface area contributed by atoms with E-state index in [2.05, 4.69) is 4.90 Å². The van der Waals surface area contributed by atoms with Crippen molar-refractivity contribution in [3.05, 3.63) is 87.8 Å². The topological polar surface area (TPSA) is 42.7 Å². The first-order chi connectivity index (χ1) is 15.1. The minimum atomic E-state index is -0.0600. The van der Waals surface area contributed by atoms with E-state index in [1.807, 2.05) is 30.3 Å². The fraction of sp³-hybridized carbons (Fsp3) is 0.240. The van der Waals surface area contributed by atoms with E-state index in [4.69, 9.17) is 32.4 Å². The molecule has 1 aliphatic heterocycles. The molecular formula is C25H23Cl2NO3. The van der Waals surface area contributed by atoms with Crippen molar-refractivity contribution in [2.75, 3.05) is 18.0 Å². The van der Waals surface area contributed by atoms with Crippen LogP contribution in [-0.4, -0.2) is 18.9 Å². The van der Waals surface area contributed by atoms with Crippen molar-refractivity contribution in [1.82, 2.24) is 0 Å². The van der Waals surface area contributed by atoms with Gasteiger partial charge in [-0.05, 0) is 79.9 Å². The maximum atomic E-state index is 12.5. The van der Waals surface area contributed by atoms with Crippen molar-refractivity contribution in [2.24, 2.45) is 0 Å². The molecule has 31 heavy (non-hydrogen) atoms. The summed E-state index contributed by atoms with van der Waals surface area (Å²) in [5.41, 5.74) is 1.84. The number of nitrogens with zero attached hydrogens (tertiary/aromatic N) is 1. The number of carbonyl (C=O) groups is 1. The van der Waals surface area contributed by atoms with Crippen molar-refractivity contribution >= 4 is 40.7 Å². The van der Waals surface area contributed by atoms with Crippen LogP contribution in [0.15, 0.2) is 65.1 Å². The van der Waals surface area contributed by atoms with Gasteiger partial charge in [-0.15, -0.1) is 0 Å². The fourth-order valence-electron chi connectivity index (χ4n) is 3.53. The minimum Gasteiger partial charge on any atom is -0.486 e. The Morgan fingerprint density at radius 2 is 1.74 bits per heavy atom. The van der Waals surface area contributed by atoms with Gasteiger partial charge in [0, 0.05) is 30.4 Å². The summed E-state index contributed by atoms with van der Waals surface area (Å²) in [7, 11) is 0. The van der Waals surface area contributed by atoms with E-state index in [9.17, 15) is 4.79 Å². The van der Waals surface area contributed by atoms with Crippen LogP contribution in [0.3, 0.4) is 0 Å².